The van der Waals surface area contributed by atoms with Crippen LogP contribution in [-0.2, 0) is 9.47 Å². The number of benzene rings is 1. The van der Waals surface area contributed by atoms with E-state index in [1.54, 1.807) is 0 Å². The summed E-state index contributed by atoms with van der Waals surface area (Å²) >= 11 is 4.45. The highest BCUT2D eigenvalue weighted by Gasteiger charge is 2.18. The standard InChI is InChI=1S/C11H9NO4S/c1-15-10(13)8-4-3-7(12-6-17)5-9(8)11(14)16-2/h3-5H,1-2H3. The van der Waals surface area contributed by atoms with Gasteiger partial charge in [0.05, 0.1) is 36.2 Å². The van der Waals surface area contributed by atoms with Crippen molar-refractivity contribution >= 4 is 35.0 Å². The summed E-state index contributed by atoms with van der Waals surface area (Å²) in [5.74, 6) is -1.27. The molecule has 0 heterocycles. The van der Waals surface area contributed by atoms with Gasteiger partial charge in [0.1, 0.15) is 0 Å². The van der Waals surface area contributed by atoms with Gasteiger partial charge in [-0.15, -0.1) is 0 Å². The molecule has 0 fully saturated rings. The van der Waals surface area contributed by atoms with E-state index in [0.717, 1.165) is 0 Å². The number of thiocarbonyl (C=S) groups is 1. The lowest BCUT2D eigenvalue weighted by molar-refractivity contribution is 0.0555. The van der Waals surface area contributed by atoms with Gasteiger partial charge in [-0.3, -0.25) is 0 Å². The van der Waals surface area contributed by atoms with E-state index in [-0.39, 0.29) is 11.1 Å². The summed E-state index contributed by atoms with van der Waals surface area (Å²) in [6.07, 6.45) is 0. The van der Waals surface area contributed by atoms with Crippen LogP contribution in [0.3, 0.4) is 0 Å². The molecule has 1 aromatic carbocycles. The van der Waals surface area contributed by atoms with Gasteiger partial charge in [0.2, 0.25) is 0 Å². The van der Waals surface area contributed by atoms with Crippen molar-refractivity contribution in [3.8, 4) is 0 Å². The van der Waals surface area contributed by atoms with Crippen molar-refractivity contribution in [2.75, 3.05) is 14.2 Å². The van der Waals surface area contributed by atoms with Gasteiger partial charge in [-0.1, -0.05) is 0 Å². The first-order valence-corrected chi connectivity index (χ1v) is 4.93. The van der Waals surface area contributed by atoms with Crippen LogP contribution in [0.5, 0.6) is 0 Å². The number of hydrogen-bond donors (Lipinski definition) is 0. The van der Waals surface area contributed by atoms with E-state index in [1.807, 2.05) is 0 Å². The predicted molar refractivity (Wildman–Crippen MR) is 63.8 cm³/mol. The number of aliphatic imine (C=N–C) groups is 1. The van der Waals surface area contributed by atoms with Crippen molar-refractivity contribution in [1.29, 1.82) is 0 Å². The van der Waals surface area contributed by atoms with E-state index in [1.165, 1.54) is 32.4 Å². The topological polar surface area (TPSA) is 65.0 Å². The molecule has 1 aromatic rings. The van der Waals surface area contributed by atoms with Crippen molar-refractivity contribution in [2.24, 2.45) is 4.99 Å². The molecule has 0 spiro atoms. The molecule has 1 rings (SSSR count). The van der Waals surface area contributed by atoms with Crippen LogP contribution in [0.1, 0.15) is 20.7 Å². The lowest BCUT2D eigenvalue weighted by Crippen LogP contribution is -2.11. The van der Waals surface area contributed by atoms with Crippen molar-refractivity contribution < 1.29 is 19.1 Å². The van der Waals surface area contributed by atoms with Crippen molar-refractivity contribution in [2.45, 2.75) is 0 Å². The van der Waals surface area contributed by atoms with Crippen LogP contribution in [0.4, 0.5) is 5.69 Å². The van der Waals surface area contributed by atoms with E-state index in [4.69, 9.17) is 0 Å². The van der Waals surface area contributed by atoms with E-state index < -0.39 is 11.9 Å². The summed E-state index contributed by atoms with van der Waals surface area (Å²) in [6.45, 7) is 0. The Morgan fingerprint density at radius 1 is 1.18 bits per heavy atom. The van der Waals surface area contributed by atoms with E-state index >= 15 is 0 Å². The molecule has 0 aromatic heterocycles. The van der Waals surface area contributed by atoms with Crippen LogP contribution in [-0.4, -0.2) is 31.3 Å². The molecule has 6 heteroatoms. The molecule has 0 aliphatic heterocycles. The number of carbonyl (C=O) groups is 2. The molecule has 0 amide bonds. The van der Waals surface area contributed by atoms with Crippen LogP contribution in [0.25, 0.3) is 0 Å². The second kappa shape index (κ2) is 5.89. The molecule has 88 valence electrons. The third-order valence-corrected chi connectivity index (χ3v) is 2.08. The largest absolute Gasteiger partial charge is 0.465 e. The molecule has 5 nitrogen and oxygen atoms in total. The molecule has 0 unspecified atom stereocenters. The van der Waals surface area contributed by atoms with Gasteiger partial charge in [0.25, 0.3) is 0 Å². The SMILES string of the molecule is COC(=O)c1ccc(N=C=S)cc1C(=O)OC. The van der Waals surface area contributed by atoms with Crippen LogP contribution >= 0.6 is 12.2 Å². The highest BCUT2D eigenvalue weighted by atomic mass is 32.1. The molecule has 0 aliphatic rings. The van der Waals surface area contributed by atoms with Gasteiger partial charge in [0.15, 0.2) is 0 Å². The van der Waals surface area contributed by atoms with Gasteiger partial charge < -0.3 is 9.47 Å². The minimum absolute atomic E-state index is 0.0749. The van der Waals surface area contributed by atoms with Gasteiger partial charge in [0, 0.05) is 0 Å². The monoisotopic (exact) mass is 251 g/mol. The minimum atomic E-state index is -0.646. The molecular weight excluding hydrogens is 242 g/mol. The average Bonchev–Trinajstić information content (AvgIpc) is 2.37. The molecule has 0 saturated heterocycles. The second-order valence-electron chi connectivity index (χ2n) is 2.92. The first-order valence-electron chi connectivity index (χ1n) is 4.52. The number of rotatable bonds is 3. The Labute approximate surface area is 103 Å². The fraction of sp³-hybridized carbons (Fsp3) is 0.182. The predicted octanol–water partition coefficient (Wildman–Crippen LogP) is 1.99. The summed E-state index contributed by atoms with van der Waals surface area (Å²) in [5, 5.41) is 2.17. The van der Waals surface area contributed by atoms with Crippen LogP contribution < -0.4 is 0 Å². The first kappa shape index (κ1) is 13.0. The van der Waals surface area contributed by atoms with Crippen LogP contribution in [0.2, 0.25) is 0 Å². The number of nitrogens with zero attached hydrogens (tertiary/aromatic N) is 1. The number of esters is 2. The number of isothiocyanates is 1. The molecule has 0 radical (unpaired) electrons. The average molecular weight is 251 g/mol. The molecular formula is C11H9NO4S. The zero-order valence-corrected chi connectivity index (χ0v) is 10.0. The third kappa shape index (κ3) is 2.96. The van der Waals surface area contributed by atoms with Gasteiger partial charge in [-0.25, -0.2) is 9.59 Å². The van der Waals surface area contributed by atoms with Crippen molar-refractivity contribution in [1.82, 2.24) is 0 Å². The fourth-order valence-electron chi connectivity index (χ4n) is 1.22. The number of methoxy groups -OCH3 is 2. The zero-order valence-electron chi connectivity index (χ0n) is 9.22. The first-order chi connectivity index (χ1) is 8.13. The van der Waals surface area contributed by atoms with Gasteiger partial charge >= 0.3 is 11.9 Å². The maximum absolute atomic E-state index is 11.5. The van der Waals surface area contributed by atoms with E-state index in [0.29, 0.717) is 5.69 Å². The summed E-state index contributed by atoms with van der Waals surface area (Å²) in [5.41, 5.74) is 0.599. The Kier molecular flexibility index (Phi) is 4.51. The fourth-order valence-corrected chi connectivity index (χ4v) is 1.33. The Bertz CT molecular complexity index is 506. The molecule has 0 N–H and O–H groups in total. The lowest BCUT2D eigenvalue weighted by atomic mass is 10.1. The maximum Gasteiger partial charge on any atom is 0.338 e. The van der Waals surface area contributed by atoms with Crippen LogP contribution in [0, 0.1) is 0 Å². The van der Waals surface area contributed by atoms with Crippen molar-refractivity contribution in [3.05, 3.63) is 29.3 Å². The molecule has 0 aliphatic carbocycles. The minimum Gasteiger partial charge on any atom is -0.465 e. The van der Waals surface area contributed by atoms with E-state index in [9.17, 15) is 9.59 Å². The van der Waals surface area contributed by atoms with Gasteiger partial charge in [-0.2, -0.15) is 4.99 Å². The number of hydrogen-bond acceptors (Lipinski definition) is 6. The Hall–Kier alpha value is -2.04. The second-order valence-corrected chi connectivity index (χ2v) is 3.10. The number of carbonyl (C=O) groups excluding carboxylic acids is 2. The maximum atomic E-state index is 11.5. The molecule has 0 atom stereocenters. The molecule has 0 saturated carbocycles. The van der Waals surface area contributed by atoms with E-state index in [2.05, 4.69) is 31.8 Å². The highest BCUT2D eigenvalue weighted by Crippen LogP contribution is 2.19. The summed E-state index contributed by atoms with van der Waals surface area (Å²) in [6, 6.07) is 4.33. The Morgan fingerprint density at radius 2 is 1.76 bits per heavy atom. The van der Waals surface area contributed by atoms with Crippen LogP contribution in [0.15, 0.2) is 23.2 Å². The Morgan fingerprint density at radius 3 is 2.29 bits per heavy atom. The molecule has 0 bridgehead atoms. The highest BCUT2D eigenvalue weighted by molar-refractivity contribution is 7.78. The Balaban J connectivity index is 3.35. The molecule has 17 heavy (non-hydrogen) atoms. The third-order valence-electron chi connectivity index (χ3n) is 1.99. The number of ether oxygens (including phenoxy) is 2. The summed E-state index contributed by atoms with van der Waals surface area (Å²) < 4.78 is 9.13. The zero-order chi connectivity index (χ0) is 12.8. The smallest absolute Gasteiger partial charge is 0.338 e. The quantitative estimate of drug-likeness (QED) is 0.467. The van der Waals surface area contributed by atoms with Gasteiger partial charge in [-0.05, 0) is 30.4 Å². The lowest BCUT2D eigenvalue weighted by Gasteiger charge is -2.06. The normalized spacial score (nSPS) is 9.06. The summed E-state index contributed by atoms with van der Waals surface area (Å²) in [4.78, 5) is 26.6. The van der Waals surface area contributed by atoms with Crippen molar-refractivity contribution in [3.63, 3.8) is 0 Å². The summed E-state index contributed by atoms with van der Waals surface area (Å²) in [7, 11) is 2.45.